The van der Waals surface area contributed by atoms with Crippen LogP contribution in [0, 0.1) is 5.82 Å². The van der Waals surface area contributed by atoms with Crippen molar-refractivity contribution in [2.45, 2.75) is 0 Å². The van der Waals surface area contributed by atoms with Crippen molar-refractivity contribution < 1.29 is 14.0 Å². The maximum atomic E-state index is 12.9. The zero-order valence-corrected chi connectivity index (χ0v) is 12.6. The van der Waals surface area contributed by atoms with Crippen molar-refractivity contribution in [3.63, 3.8) is 0 Å². The van der Waals surface area contributed by atoms with Gasteiger partial charge in [-0.15, -0.1) is 0 Å². The lowest BCUT2D eigenvalue weighted by Crippen LogP contribution is -2.38. The minimum Gasteiger partial charge on any atom is -0.317 e. The second-order valence-electron chi connectivity index (χ2n) is 4.52. The van der Waals surface area contributed by atoms with Crippen LogP contribution in [0.1, 0.15) is 15.9 Å². The molecule has 0 aromatic heterocycles. The van der Waals surface area contributed by atoms with Crippen molar-refractivity contribution in [2.24, 2.45) is 5.84 Å². The Morgan fingerprint density at radius 3 is 2.35 bits per heavy atom. The Balaban J connectivity index is 2.29. The molecule has 0 saturated heterocycles. The van der Waals surface area contributed by atoms with Crippen molar-refractivity contribution in [2.75, 3.05) is 0 Å². The number of hydrogen-bond acceptors (Lipinski definition) is 3. The Hall–Kier alpha value is -2.70. The molecule has 0 aliphatic heterocycles. The molecule has 0 spiro atoms. The number of amides is 2. The molecular weight excluding hydrogens is 321 g/mol. The number of carbonyl (C=O) groups excluding carboxylic acids is 2. The molecule has 7 heteroatoms. The maximum Gasteiger partial charge on any atom is 0.281 e. The number of carbonyl (C=O) groups is 2. The molecule has 23 heavy (non-hydrogen) atoms. The molecule has 0 radical (unpaired) electrons. The molecule has 0 fully saturated rings. The lowest BCUT2D eigenvalue weighted by molar-refractivity contribution is -0.117. The second kappa shape index (κ2) is 7.53. The van der Waals surface area contributed by atoms with E-state index >= 15 is 0 Å². The summed E-state index contributed by atoms with van der Waals surface area (Å²) in [4.78, 5) is 24.0. The van der Waals surface area contributed by atoms with Gasteiger partial charge in [-0.3, -0.25) is 15.0 Å². The number of hydrazine groups is 1. The normalized spacial score (nSPS) is 11.0. The highest BCUT2D eigenvalue weighted by molar-refractivity contribution is 6.34. The van der Waals surface area contributed by atoms with Crippen molar-refractivity contribution in [3.8, 4) is 0 Å². The van der Waals surface area contributed by atoms with Gasteiger partial charge in [0.1, 0.15) is 11.5 Å². The van der Waals surface area contributed by atoms with Crippen molar-refractivity contribution in [1.82, 2.24) is 10.7 Å². The first-order chi connectivity index (χ1) is 11.0. The average molecular weight is 334 g/mol. The molecule has 5 nitrogen and oxygen atoms in total. The first-order valence-electron chi connectivity index (χ1n) is 6.55. The van der Waals surface area contributed by atoms with Gasteiger partial charge in [0.05, 0.1) is 10.6 Å². The number of benzene rings is 2. The quantitative estimate of drug-likeness (QED) is 0.347. The van der Waals surface area contributed by atoms with Gasteiger partial charge in [-0.25, -0.2) is 10.2 Å². The first kappa shape index (κ1) is 16.7. The fourth-order valence-electron chi connectivity index (χ4n) is 1.80. The van der Waals surface area contributed by atoms with E-state index in [-0.39, 0.29) is 16.3 Å². The minimum atomic E-state index is -0.699. The van der Waals surface area contributed by atoms with Gasteiger partial charge in [-0.05, 0) is 35.9 Å². The van der Waals surface area contributed by atoms with Crippen LogP contribution < -0.4 is 16.6 Å². The number of nitrogens with two attached hydrogens (primary N) is 1. The van der Waals surface area contributed by atoms with Gasteiger partial charge in [0.2, 0.25) is 0 Å². The third kappa shape index (κ3) is 4.38. The summed E-state index contributed by atoms with van der Waals surface area (Å²) in [7, 11) is 0. The molecule has 0 bridgehead atoms. The van der Waals surface area contributed by atoms with Crippen LogP contribution in [0.2, 0.25) is 5.02 Å². The van der Waals surface area contributed by atoms with Crippen LogP contribution in [0.5, 0.6) is 0 Å². The third-order valence-electron chi connectivity index (χ3n) is 2.92. The SMILES string of the molecule is NNC(=O)/C(=C/c1ccc(F)cc1)NC(=O)c1ccccc1Cl. The summed E-state index contributed by atoms with van der Waals surface area (Å²) in [5, 5.41) is 2.69. The van der Waals surface area contributed by atoms with Crippen LogP contribution in [0.15, 0.2) is 54.2 Å². The van der Waals surface area contributed by atoms with E-state index in [1.807, 2.05) is 5.43 Å². The molecular formula is C16H13ClFN3O2. The van der Waals surface area contributed by atoms with Gasteiger partial charge in [-0.2, -0.15) is 0 Å². The molecule has 0 unspecified atom stereocenters. The van der Waals surface area contributed by atoms with E-state index in [9.17, 15) is 14.0 Å². The van der Waals surface area contributed by atoms with Gasteiger partial charge in [0.15, 0.2) is 0 Å². The van der Waals surface area contributed by atoms with E-state index in [0.29, 0.717) is 5.56 Å². The molecule has 0 heterocycles. The van der Waals surface area contributed by atoms with Gasteiger partial charge >= 0.3 is 0 Å². The molecule has 2 rings (SSSR count). The Labute approximate surface area is 136 Å². The van der Waals surface area contributed by atoms with Crippen LogP contribution in [0.25, 0.3) is 6.08 Å². The summed E-state index contributed by atoms with van der Waals surface area (Å²) in [5.74, 6) is 3.45. The number of rotatable bonds is 4. The Bertz CT molecular complexity index is 760. The lowest BCUT2D eigenvalue weighted by Gasteiger charge is -2.10. The second-order valence-corrected chi connectivity index (χ2v) is 4.92. The van der Waals surface area contributed by atoms with Crippen molar-refractivity contribution >= 4 is 29.5 Å². The third-order valence-corrected chi connectivity index (χ3v) is 3.25. The Morgan fingerprint density at radius 1 is 1.09 bits per heavy atom. The van der Waals surface area contributed by atoms with E-state index in [0.717, 1.165) is 0 Å². The molecule has 0 saturated carbocycles. The highest BCUT2D eigenvalue weighted by Gasteiger charge is 2.15. The number of hydrogen-bond donors (Lipinski definition) is 3. The molecule has 4 N–H and O–H groups in total. The van der Waals surface area contributed by atoms with E-state index < -0.39 is 17.6 Å². The van der Waals surface area contributed by atoms with Gasteiger partial charge in [-0.1, -0.05) is 35.9 Å². The van der Waals surface area contributed by atoms with Crippen LogP contribution in [-0.2, 0) is 4.79 Å². The highest BCUT2D eigenvalue weighted by Crippen LogP contribution is 2.15. The number of nitrogens with one attached hydrogen (secondary N) is 2. The molecule has 0 atom stereocenters. The Morgan fingerprint density at radius 2 is 1.74 bits per heavy atom. The molecule has 118 valence electrons. The van der Waals surface area contributed by atoms with Gasteiger partial charge in [0, 0.05) is 0 Å². The summed E-state index contributed by atoms with van der Waals surface area (Å²) in [6, 6.07) is 11.8. The highest BCUT2D eigenvalue weighted by atomic mass is 35.5. The van der Waals surface area contributed by atoms with E-state index in [2.05, 4.69) is 5.32 Å². The van der Waals surface area contributed by atoms with Crippen LogP contribution in [0.3, 0.4) is 0 Å². The first-order valence-corrected chi connectivity index (χ1v) is 6.93. The minimum absolute atomic E-state index is 0.0935. The maximum absolute atomic E-state index is 12.9. The summed E-state index contributed by atoms with van der Waals surface area (Å²) in [5.41, 5.74) is 2.58. The summed E-state index contributed by atoms with van der Waals surface area (Å²) < 4.78 is 12.9. The van der Waals surface area contributed by atoms with Crippen molar-refractivity contribution in [3.05, 3.63) is 76.2 Å². The molecule has 0 aliphatic carbocycles. The van der Waals surface area contributed by atoms with Crippen LogP contribution >= 0.6 is 11.6 Å². The summed E-state index contributed by atoms with van der Waals surface area (Å²) in [6.07, 6.45) is 1.37. The Kier molecular flexibility index (Phi) is 5.46. The van der Waals surface area contributed by atoms with E-state index in [1.54, 1.807) is 18.2 Å². The molecule has 2 amide bonds. The summed E-state index contributed by atoms with van der Waals surface area (Å²) in [6.45, 7) is 0. The van der Waals surface area contributed by atoms with E-state index in [1.165, 1.54) is 36.4 Å². The van der Waals surface area contributed by atoms with Crippen LogP contribution in [0.4, 0.5) is 4.39 Å². The van der Waals surface area contributed by atoms with Gasteiger partial charge in [0.25, 0.3) is 11.8 Å². The monoisotopic (exact) mass is 333 g/mol. The average Bonchev–Trinajstić information content (AvgIpc) is 2.55. The lowest BCUT2D eigenvalue weighted by atomic mass is 10.1. The predicted octanol–water partition coefficient (Wildman–Crippen LogP) is 2.24. The zero-order valence-electron chi connectivity index (χ0n) is 11.8. The summed E-state index contributed by atoms with van der Waals surface area (Å²) >= 11 is 5.95. The van der Waals surface area contributed by atoms with Gasteiger partial charge < -0.3 is 5.32 Å². The largest absolute Gasteiger partial charge is 0.317 e. The fraction of sp³-hybridized carbons (Fsp3) is 0. The fourth-order valence-corrected chi connectivity index (χ4v) is 2.02. The standard InChI is InChI=1S/C16H13ClFN3O2/c17-13-4-2-1-3-12(13)15(22)20-14(16(23)21-19)9-10-5-7-11(18)8-6-10/h1-9H,19H2,(H,20,22)(H,21,23)/b14-9-. The van der Waals surface area contributed by atoms with Crippen molar-refractivity contribution in [1.29, 1.82) is 0 Å². The smallest absolute Gasteiger partial charge is 0.281 e. The predicted molar refractivity (Wildman–Crippen MR) is 85.6 cm³/mol. The molecule has 0 aliphatic rings. The van der Waals surface area contributed by atoms with E-state index in [4.69, 9.17) is 17.4 Å². The number of halogens is 2. The van der Waals surface area contributed by atoms with Crippen LogP contribution in [-0.4, -0.2) is 11.8 Å². The molecule has 2 aromatic rings. The molecule has 2 aromatic carbocycles. The zero-order chi connectivity index (χ0) is 16.8. The topological polar surface area (TPSA) is 84.2 Å².